The van der Waals surface area contributed by atoms with E-state index in [-0.39, 0.29) is 0 Å². The van der Waals surface area contributed by atoms with Crippen molar-refractivity contribution in [2.24, 2.45) is 0 Å². The van der Waals surface area contributed by atoms with Crippen molar-refractivity contribution in [3.63, 3.8) is 0 Å². The van der Waals surface area contributed by atoms with E-state index in [1.807, 2.05) is 24.3 Å². The fraction of sp³-hybridized carbons (Fsp3) is 0.500. The summed E-state index contributed by atoms with van der Waals surface area (Å²) in [5.41, 5.74) is 0. The van der Waals surface area contributed by atoms with Crippen LogP contribution in [0.15, 0.2) is 48.6 Å². The van der Waals surface area contributed by atoms with Gasteiger partial charge in [0.2, 0.25) is 0 Å². The molecule has 1 N–H and O–H groups in total. The smallest absolute Gasteiger partial charge is 0.303 e. The first kappa shape index (κ1) is 18.4. The molecule has 0 aliphatic heterocycles. The van der Waals surface area contributed by atoms with E-state index >= 15 is 0 Å². The van der Waals surface area contributed by atoms with Crippen LogP contribution in [0.4, 0.5) is 0 Å². The summed E-state index contributed by atoms with van der Waals surface area (Å²) in [4.78, 5) is 10.3. The van der Waals surface area contributed by atoms with Crippen molar-refractivity contribution in [3.8, 4) is 0 Å². The normalized spacial score (nSPS) is 12.4. The molecule has 0 spiro atoms. The van der Waals surface area contributed by atoms with Gasteiger partial charge in [-0.1, -0.05) is 74.8 Å². The molecule has 0 saturated heterocycles. The second-order valence-corrected chi connectivity index (χ2v) is 4.73. The van der Waals surface area contributed by atoms with E-state index in [0.717, 1.165) is 32.1 Å². The summed E-state index contributed by atoms with van der Waals surface area (Å²) in [6.45, 7) is 2.12. The number of unbranched alkanes of at least 4 members (excludes halogenated alkanes) is 5. The number of allylic oxidation sites excluding steroid dienone is 8. The number of carboxylic acid groups (broad SMARTS) is 1. The molecule has 0 fully saturated rings. The Balaban J connectivity index is 3.35. The molecule has 0 aliphatic carbocycles. The Morgan fingerprint density at radius 1 is 0.800 bits per heavy atom. The van der Waals surface area contributed by atoms with Gasteiger partial charge in [0.1, 0.15) is 0 Å². The third-order valence-corrected chi connectivity index (χ3v) is 2.82. The predicted molar refractivity (Wildman–Crippen MR) is 86.8 cm³/mol. The third-order valence-electron chi connectivity index (χ3n) is 2.82. The molecule has 0 heterocycles. The average molecular weight is 276 g/mol. The molecule has 0 aromatic carbocycles. The molecule has 0 unspecified atom stereocenters. The van der Waals surface area contributed by atoms with Crippen LogP contribution in [0.25, 0.3) is 0 Å². The topological polar surface area (TPSA) is 37.3 Å². The summed E-state index contributed by atoms with van der Waals surface area (Å²) >= 11 is 0. The fourth-order valence-electron chi connectivity index (χ4n) is 1.71. The second kappa shape index (κ2) is 15.5. The molecule has 0 rings (SSSR count). The Kier molecular flexibility index (Phi) is 14.3. The summed E-state index contributed by atoms with van der Waals surface area (Å²) in [7, 11) is 0. The van der Waals surface area contributed by atoms with E-state index in [4.69, 9.17) is 5.11 Å². The van der Waals surface area contributed by atoms with Crippen molar-refractivity contribution in [2.75, 3.05) is 0 Å². The van der Waals surface area contributed by atoms with Crippen molar-refractivity contribution in [1.82, 2.24) is 0 Å². The number of carbonyl (C=O) groups is 1. The van der Waals surface area contributed by atoms with Crippen LogP contribution >= 0.6 is 0 Å². The highest BCUT2D eigenvalue weighted by atomic mass is 16.4. The minimum absolute atomic E-state index is 0.311. The summed E-state index contributed by atoms with van der Waals surface area (Å²) in [6.07, 6.45) is 24.4. The lowest BCUT2D eigenvalue weighted by molar-refractivity contribution is -0.137. The third kappa shape index (κ3) is 16.4. The standard InChI is InChI=1S/C18H28O2/c1-2-3-4-5-6-7-8-9-10-11-12-13-14-15-16-17-18(19)20/h3-10H,2,11-17H2,1H3,(H,19,20)/b4-3?,6-5+,8-7+,10-9?. The zero-order valence-corrected chi connectivity index (χ0v) is 12.6. The molecule has 0 aromatic rings. The number of hydrogen-bond donors (Lipinski definition) is 1. The van der Waals surface area contributed by atoms with Crippen LogP contribution in [-0.2, 0) is 4.79 Å². The van der Waals surface area contributed by atoms with E-state index in [1.54, 1.807) is 0 Å². The molecule has 0 saturated carbocycles. The lowest BCUT2D eigenvalue weighted by Gasteiger charge is -1.97. The summed E-state index contributed by atoms with van der Waals surface area (Å²) < 4.78 is 0. The Morgan fingerprint density at radius 2 is 1.35 bits per heavy atom. The molecule has 0 amide bonds. The summed E-state index contributed by atoms with van der Waals surface area (Å²) in [5, 5.41) is 8.49. The molecule has 0 bridgehead atoms. The molecule has 0 aliphatic rings. The number of hydrogen-bond acceptors (Lipinski definition) is 1. The molecule has 112 valence electrons. The highest BCUT2D eigenvalue weighted by molar-refractivity contribution is 5.66. The van der Waals surface area contributed by atoms with Gasteiger partial charge in [-0.25, -0.2) is 0 Å². The number of rotatable bonds is 12. The Labute approximate surface area is 123 Å². The maximum Gasteiger partial charge on any atom is 0.303 e. The first-order valence-corrected chi connectivity index (χ1v) is 7.64. The zero-order valence-electron chi connectivity index (χ0n) is 12.6. The lowest BCUT2D eigenvalue weighted by atomic mass is 10.1. The molecule has 2 nitrogen and oxygen atoms in total. The van der Waals surface area contributed by atoms with Crippen molar-refractivity contribution >= 4 is 5.97 Å². The maximum atomic E-state index is 10.3. The highest BCUT2D eigenvalue weighted by Gasteiger charge is 1.95. The van der Waals surface area contributed by atoms with Crippen molar-refractivity contribution in [2.45, 2.75) is 58.3 Å². The van der Waals surface area contributed by atoms with Gasteiger partial charge in [0.05, 0.1) is 0 Å². The van der Waals surface area contributed by atoms with Crippen molar-refractivity contribution < 1.29 is 9.90 Å². The Hall–Kier alpha value is -1.57. The SMILES string of the molecule is CCC=C/C=C/C=C/C=CCCCCCCCC(=O)O. The van der Waals surface area contributed by atoms with Crippen molar-refractivity contribution in [3.05, 3.63) is 48.6 Å². The van der Waals surface area contributed by atoms with Gasteiger partial charge >= 0.3 is 5.97 Å². The second-order valence-electron chi connectivity index (χ2n) is 4.73. The Bertz CT molecular complexity index is 335. The van der Waals surface area contributed by atoms with Gasteiger partial charge < -0.3 is 5.11 Å². The minimum atomic E-state index is -0.682. The number of aliphatic carboxylic acids is 1. The number of carboxylic acids is 1. The molecular formula is C18H28O2. The van der Waals surface area contributed by atoms with E-state index < -0.39 is 5.97 Å². The van der Waals surface area contributed by atoms with Crippen LogP contribution in [0, 0.1) is 0 Å². The van der Waals surface area contributed by atoms with Crippen molar-refractivity contribution in [1.29, 1.82) is 0 Å². The van der Waals surface area contributed by atoms with Gasteiger partial charge in [0.15, 0.2) is 0 Å². The highest BCUT2D eigenvalue weighted by Crippen LogP contribution is 2.07. The largest absolute Gasteiger partial charge is 0.481 e. The van der Waals surface area contributed by atoms with Gasteiger partial charge in [0, 0.05) is 6.42 Å². The van der Waals surface area contributed by atoms with Crippen LogP contribution in [0.3, 0.4) is 0 Å². The van der Waals surface area contributed by atoms with Crippen LogP contribution in [-0.4, -0.2) is 11.1 Å². The van der Waals surface area contributed by atoms with Crippen LogP contribution < -0.4 is 0 Å². The molecular weight excluding hydrogens is 248 g/mol. The van der Waals surface area contributed by atoms with Gasteiger partial charge in [0.25, 0.3) is 0 Å². The monoisotopic (exact) mass is 276 g/mol. The van der Waals surface area contributed by atoms with E-state index in [2.05, 4.69) is 31.2 Å². The maximum absolute atomic E-state index is 10.3. The predicted octanol–water partition coefficient (Wildman–Crippen LogP) is 5.44. The molecule has 0 atom stereocenters. The minimum Gasteiger partial charge on any atom is -0.481 e. The Morgan fingerprint density at radius 3 is 2.00 bits per heavy atom. The van der Waals surface area contributed by atoms with Crippen LogP contribution in [0.2, 0.25) is 0 Å². The van der Waals surface area contributed by atoms with Crippen LogP contribution in [0.1, 0.15) is 58.3 Å². The van der Waals surface area contributed by atoms with Gasteiger partial charge in [-0.05, 0) is 25.7 Å². The quantitative estimate of drug-likeness (QED) is 0.381. The molecule has 2 heteroatoms. The fourth-order valence-corrected chi connectivity index (χ4v) is 1.71. The van der Waals surface area contributed by atoms with Gasteiger partial charge in [-0.2, -0.15) is 0 Å². The molecule has 20 heavy (non-hydrogen) atoms. The lowest BCUT2D eigenvalue weighted by Crippen LogP contribution is -1.93. The summed E-state index contributed by atoms with van der Waals surface area (Å²) in [6, 6.07) is 0. The van der Waals surface area contributed by atoms with Gasteiger partial charge in [-0.15, -0.1) is 0 Å². The van der Waals surface area contributed by atoms with E-state index in [9.17, 15) is 4.79 Å². The average Bonchev–Trinajstić information content (AvgIpc) is 2.43. The summed E-state index contributed by atoms with van der Waals surface area (Å²) in [5.74, 6) is -0.682. The zero-order chi connectivity index (χ0) is 14.9. The first-order chi connectivity index (χ1) is 9.77. The van der Waals surface area contributed by atoms with E-state index in [0.29, 0.717) is 6.42 Å². The van der Waals surface area contributed by atoms with E-state index in [1.165, 1.54) is 12.8 Å². The molecule has 0 radical (unpaired) electrons. The first-order valence-electron chi connectivity index (χ1n) is 7.64. The van der Waals surface area contributed by atoms with Crippen LogP contribution in [0.5, 0.6) is 0 Å². The van der Waals surface area contributed by atoms with Gasteiger partial charge in [-0.3, -0.25) is 4.79 Å². The molecule has 0 aromatic heterocycles.